The summed E-state index contributed by atoms with van der Waals surface area (Å²) in [7, 11) is 0. The molecular formula is C19H21BrN2O2. The van der Waals surface area contributed by atoms with E-state index in [-0.39, 0.29) is 18.2 Å². The number of halogens is 1. The number of aryl methyl sites for hydroxylation is 2. The van der Waals surface area contributed by atoms with Crippen LogP contribution in [0.1, 0.15) is 24.5 Å². The number of nitrogens with zero attached hydrogens (tertiary/aromatic N) is 1. The minimum absolute atomic E-state index is 0.0835. The maximum Gasteiger partial charge on any atom is 0.226 e. The summed E-state index contributed by atoms with van der Waals surface area (Å²) >= 11 is 3.45. The Morgan fingerprint density at radius 3 is 2.33 bits per heavy atom. The summed E-state index contributed by atoms with van der Waals surface area (Å²) in [5.41, 5.74) is 3.75. The first-order chi connectivity index (χ1) is 11.4. The molecule has 0 aromatic heterocycles. The van der Waals surface area contributed by atoms with Gasteiger partial charge in [-0.05, 0) is 49.7 Å². The predicted molar refractivity (Wildman–Crippen MR) is 101 cm³/mol. The fraction of sp³-hybridized carbons (Fsp3) is 0.263. The van der Waals surface area contributed by atoms with Crippen molar-refractivity contribution in [2.75, 3.05) is 16.8 Å². The van der Waals surface area contributed by atoms with E-state index in [1.165, 1.54) is 6.92 Å². The quantitative estimate of drug-likeness (QED) is 0.822. The van der Waals surface area contributed by atoms with Crippen molar-refractivity contribution in [2.45, 2.75) is 27.2 Å². The van der Waals surface area contributed by atoms with Gasteiger partial charge in [0.05, 0.1) is 0 Å². The summed E-state index contributed by atoms with van der Waals surface area (Å²) < 4.78 is 0.992. The van der Waals surface area contributed by atoms with Crippen LogP contribution < -0.4 is 10.2 Å². The average molecular weight is 389 g/mol. The molecule has 0 saturated carbocycles. The van der Waals surface area contributed by atoms with Gasteiger partial charge in [0.15, 0.2) is 0 Å². The van der Waals surface area contributed by atoms with Gasteiger partial charge in [-0.2, -0.15) is 0 Å². The summed E-state index contributed by atoms with van der Waals surface area (Å²) in [6.45, 7) is 5.82. The number of hydrogen-bond donors (Lipinski definition) is 1. The molecule has 2 rings (SSSR count). The Kier molecular flexibility index (Phi) is 6.15. The van der Waals surface area contributed by atoms with Gasteiger partial charge in [-0.15, -0.1) is 0 Å². The monoisotopic (exact) mass is 388 g/mol. The molecular weight excluding hydrogens is 368 g/mol. The van der Waals surface area contributed by atoms with Crippen molar-refractivity contribution in [1.29, 1.82) is 0 Å². The number of hydrogen-bond acceptors (Lipinski definition) is 2. The molecule has 0 spiro atoms. The third-order valence-electron chi connectivity index (χ3n) is 3.73. The van der Waals surface area contributed by atoms with Crippen molar-refractivity contribution in [2.24, 2.45) is 0 Å². The third-order valence-corrected chi connectivity index (χ3v) is 4.62. The predicted octanol–water partition coefficient (Wildman–Crippen LogP) is 4.45. The number of nitrogens with one attached hydrogen (secondary N) is 1. The number of amides is 2. The van der Waals surface area contributed by atoms with Gasteiger partial charge in [0.1, 0.15) is 0 Å². The standard InChI is InChI=1S/C19H21BrN2O2/c1-13-4-6-16(7-5-13)21-19(24)10-11-22(15(3)23)17-8-9-18(20)14(2)12-17/h4-9,12H,10-11H2,1-3H3,(H,21,24). The molecule has 1 N–H and O–H groups in total. The zero-order chi connectivity index (χ0) is 17.7. The fourth-order valence-electron chi connectivity index (χ4n) is 2.34. The van der Waals surface area contributed by atoms with Crippen LogP contribution in [0.3, 0.4) is 0 Å². The molecule has 0 unspecified atom stereocenters. The topological polar surface area (TPSA) is 49.4 Å². The largest absolute Gasteiger partial charge is 0.326 e. The van der Waals surface area contributed by atoms with E-state index in [0.717, 1.165) is 27.0 Å². The smallest absolute Gasteiger partial charge is 0.226 e. The van der Waals surface area contributed by atoms with Gasteiger partial charge in [-0.3, -0.25) is 9.59 Å². The number of carbonyl (C=O) groups is 2. The van der Waals surface area contributed by atoms with Gasteiger partial charge in [0.2, 0.25) is 11.8 Å². The molecule has 0 aliphatic heterocycles. The Hall–Kier alpha value is -2.14. The van der Waals surface area contributed by atoms with E-state index in [0.29, 0.717) is 6.54 Å². The molecule has 0 saturated heterocycles. The molecule has 2 amide bonds. The minimum Gasteiger partial charge on any atom is -0.326 e. The van der Waals surface area contributed by atoms with Gasteiger partial charge < -0.3 is 10.2 Å². The maximum atomic E-state index is 12.1. The Morgan fingerprint density at radius 1 is 1.08 bits per heavy atom. The summed E-state index contributed by atoms with van der Waals surface area (Å²) in [6, 6.07) is 13.3. The Balaban J connectivity index is 2.00. The molecule has 0 heterocycles. The molecule has 0 aliphatic carbocycles. The summed E-state index contributed by atoms with van der Waals surface area (Å²) in [5, 5.41) is 2.85. The Bertz CT molecular complexity index is 742. The van der Waals surface area contributed by atoms with Gasteiger partial charge in [0, 0.05) is 35.7 Å². The van der Waals surface area contributed by atoms with Crippen molar-refractivity contribution < 1.29 is 9.59 Å². The second kappa shape index (κ2) is 8.11. The van der Waals surface area contributed by atoms with Gasteiger partial charge >= 0.3 is 0 Å². The molecule has 0 aliphatic rings. The summed E-state index contributed by atoms with van der Waals surface area (Å²) in [6.07, 6.45) is 0.239. The van der Waals surface area contributed by atoms with Crippen LogP contribution in [-0.4, -0.2) is 18.4 Å². The van der Waals surface area contributed by atoms with Gasteiger partial charge in [-0.25, -0.2) is 0 Å². The summed E-state index contributed by atoms with van der Waals surface area (Å²) in [5.74, 6) is -0.196. The lowest BCUT2D eigenvalue weighted by molar-refractivity contribution is -0.117. The first-order valence-corrected chi connectivity index (χ1v) is 8.57. The highest BCUT2D eigenvalue weighted by atomic mass is 79.9. The molecule has 0 fully saturated rings. The van der Waals surface area contributed by atoms with Crippen LogP contribution in [0, 0.1) is 13.8 Å². The number of carbonyl (C=O) groups excluding carboxylic acids is 2. The van der Waals surface area contributed by atoms with E-state index in [1.54, 1.807) is 4.90 Å². The lowest BCUT2D eigenvalue weighted by Gasteiger charge is -2.21. The van der Waals surface area contributed by atoms with Crippen molar-refractivity contribution in [3.05, 3.63) is 58.1 Å². The van der Waals surface area contributed by atoms with E-state index >= 15 is 0 Å². The molecule has 126 valence electrons. The Morgan fingerprint density at radius 2 is 1.75 bits per heavy atom. The van der Waals surface area contributed by atoms with Crippen LogP contribution in [0.4, 0.5) is 11.4 Å². The van der Waals surface area contributed by atoms with E-state index in [2.05, 4.69) is 21.2 Å². The zero-order valence-corrected chi connectivity index (χ0v) is 15.7. The second-order valence-corrected chi connectivity index (χ2v) is 6.62. The maximum absolute atomic E-state index is 12.1. The molecule has 4 nitrogen and oxygen atoms in total. The van der Waals surface area contributed by atoms with E-state index in [1.807, 2.05) is 56.3 Å². The van der Waals surface area contributed by atoms with Crippen molar-refractivity contribution in [1.82, 2.24) is 0 Å². The second-order valence-electron chi connectivity index (χ2n) is 5.77. The van der Waals surface area contributed by atoms with E-state index < -0.39 is 0 Å². The SMILES string of the molecule is CC(=O)N(CCC(=O)Nc1ccc(C)cc1)c1ccc(Br)c(C)c1. The van der Waals surface area contributed by atoms with Crippen LogP contribution in [-0.2, 0) is 9.59 Å². The first kappa shape index (κ1) is 18.2. The highest BCUT2D eigenvalue weighted by molar-refractivity contribution is 9.10. The van der Waals surface area contributed by atoms with E-state index in [4.69, 9.17) is 0 Å². The van der Waals surface area contributed by atoms with Gasteiger partial charge in [0.25, 0.3) is 0 Å². The lowest BCUT2D eigenvalue weighted by atomic mass is 10.2. The van der Waals surface area contributed by atoms with E-state index in [9.17, 15) is 9.59 Å². The van der Waals surface area contributed by atoms with Gasteiger partial charge in [-0.1, -0.05) is 33.6 Å². The average Bonchev–Trinajstić information content (AvgIpc) is 2.53. The van der Waals surface area contributed by atoms with Crippen LogP contribution in [0.25, 0.3) is 0 Å². The molecule has 24 heavy (non-hydrogen) atoms. The number of anilines is 2. The van der Waals surface area contributed by atoms with Crippen LogP contribution in [0.15, 0.2) is 46.9 Å². The van der Waals surface area contributed by atoms with Crippen LogP contribution in [0.5, 0.6) is 0 Å². The zero-order valence-electron chi connectivity index (χ0n) is 14.1. The molecule has 5 heteroatoms. The molecule has 0 bridgehead atoms. The van der Waals surface area contributed by atoms with Crippen molar-refractivity contribution in [3.8, 4) is 0 Å². The molecule has 2 aromatic carbocycles. The highest BCUT2D eigenvalue weighted by Gasteiger charge is 2.14. The highest BCUT2D eigenvalue weighted by Crippen LogP contribution is 2.23. The van der Waals surface area contributed by atoms with Crippen molar-refractivity contribution in [3.63, 3.8) is 0 Å². The van der Waals surface area contributed by atoms with Crippen molar-refractivity contribution >= 4 is 39.1 Å². The lowest BCUT2D eigenvalue weighted by Crippen LogP contribution is -2.32. The third kappa shape index (κ3) is 4.93. The fourth-order valence-corrected chi connectivity index (χ4v) is 2.59. The minimum atomic E-state index is -0.112. The number of rotatable bonds is 5. The molecule has 0 atom stereocenters. The first-order valence-electron chi connectivity index (χ1n) is 7.77. The van der Waals surface area contributed by atoms with Crippen LogP contribution in [0.2, 0.25) is 0 Å². The van der Waals surface area contributed by atoms with Crippen LogP contribution >= 0.6 is 15.9 Å². The summed E-state index contributed by atoms with van der Waals surface area (Å²) in [4.78, 5) is 25.7. The number of benzene rings is 2. The Labute approximate surface area is 151 Å². The molecule has 0 radical (unpaired) electrons. The normalized spacial score (nSPS) is 10.3. The molecule has 2 aromatic rings.